The molecule has 3 fully saturated rings. The van der Waals surface area contributed by atoms with E-state index in [0.717, 1.165) is 24.8 Å². The van der Waals surface area contributed by atoms with E-state index in [9.17, 15) is 14.7 Å². The molecule has 2 atom stereocenters. The second-order valence-corrected chi connectivity index (χ2v) is 8.45. The van der Waals surface area contributed by atoms with E-state index in [2.05, 4.69) is 4.98 Å². The second kappa shape index (κ2) is 6.95. The van der Waals surface area contributed by atoms with Gasteiger partial charge in [0, 0.05) is 31.1 Å². The maximum atomic E-state index is 13.3. The molecule has 2 saturated heterocycles. The average Bonchev–Trinajstić information content (AvgIpc) is 2.66. The van der Waals surface area contributed by atoms with Crippen molar-refractivity contribution in [2.45, 2.75) is 36.8 Å². The fourth-order valence-electron chi connectivity index (χ4n) is 5.28. The molecule has 2 aliphatic heterocycles. The highest BCUT2D eigenvalue weighted by atomic mass is 16.3. The van der Waals surface area contributed by atoms with Gasteiger partial charge in [-0.2, -0.15) is 0 Å². The van der Waals surface area contributed by atoms with Crippen LogP contribution in [0.3, 0.4) is 0 Å². The first-order valence-corrected chi connectivity index (χ1v) is 10.3. The summed E-state index contributed by atoms with van der Waals surface area (Å²) in [5.41, 5.74) is 1.01. The molecule has 2 amide bonds. The maximum Gasteiger partial charge on any atom is 0.273 e. The van der Waals surface area contributed by atoms with E-state index in [-0.39, 0.29) is 36.3 Å². The number of carbonyl (C=O) groups is 2. The van der Waals surface area contributed by atoms with E-state index in [1.54, 1.807) is 29.3 Å². The monoisotopic (exact) mass is 391 g/mol. The van der Waals surface area contributed by atoms with Crippen LogP contribution in [0, 0.1) is 5.92 Å². The van der Waals surface area contributed by atoms with Gasteiger partial charge in [0.2, 0.25) is 5.91 Å². The van der Waals surface area contributed by atoms with Crippen LogP contribution in [0.5, 0.6) is 0 Å². The van der Waals surface area contributed by atoms with Crippen LogP contribution in [0.15, 0.2) is 54.7 Å². The van der Waals surface area contributed by atoms with Gasteiger partial charge in [0.25, 0.3) is 5.91 Å². The molecule has 1 aromatic heterocycles. The van der Waals surface area contributed by atoms with Crippen LogP contribution in [0.2, 0.25) is 0 Å². The Morgan fingerprint density at radius 2 is 1.79 bits per heavy atom. The van der Waals surface area contributed by atoms with Gasteiger partial charge < -0.3 is 14.9 Å². The number of benzene rings is 1. The Balaban J connectivity index is 1.46. The Morgan fingerprint density at radius 1 is 1.07 bits per heavy atom. The summed E-state index contributed by atoms with van der Waals surface area (Å²) >= 11 is 0. The van der Waals surface area contributed by atoms with Crippen LogP contribution in [-0.2, 0) is 4.79 Å². The summed E-state index contributed by atoms with van der Waals surface area (Å²) in [4.78, 5) is 34.0. The molecule has 0 unspecified atom stereocenters. The van der Waals surface area contributed by atoms with Gasteiger partial charge in [-0.1, -0.05) is 42.8 Å². The minimum Gasteiger partial charge on any atom is -0.394 e. The van der Waals surface area contributed by atoms with Crippen LogP contribution >= 0.6 is 0 Å². The molecular weight excluding hydrogens is 366 g/mol. The van der Waals surface area contributed by atoms with Crippen molar-refractivity contribution in [2.75, 3.05) is 19.7 Å². The number of aliphatic hydroxyl groups is 1. The number of hydrogen-bond donors (Lipinski definition) is 1. The average molecular weight is 391 g/mol. The SMILES string of the molecule is O=C(C1CCC1)N1CC2(C1)[C@H](c1ccccc1)[C@@H](CO)N2C(=O)c1ccccn1. The van der Waals surface area contributed by atoms with E-state index in [1.807, 2.05) is 35.2 Å². The lowest BCUT2D eigenvalue weighted by Gasteiger charge is -2.70. The number of pyridine rings is 1. The van der Waals surface area contributed by atoms with Crippen molar-refractivity contribution >= 4 is 11.8 Å². The molecule has 0 bridgehead atoms. The second-order valence-electron chi connectivity index (χ2n) is 8.45. The van der Waals surface area contributed by atoms with Crippen LogP contribution in [-0.4, -0.2) is 63.0 Å². The van der Waals surface area contributed by atoms with E-state index >= 15 is 0 Å². The van der Waals surface area contributed by atoms with Crippen molar-refractivity contribution in [3.63, 3.8) is 0 Å². The Hall–Kier alpha value is -2.73. The normalized spacial score (nSPS) is 25.1. The first-order chi connectivity index (χ1) is 14.2. The number of nitrogens with zero attached hydrogens (tertiary/aromatic N) is 3. The third-order valence-electron chi connectivity index (χ3n) is 6.92. The van der Waals surface area contributed by atoms with Crippen LogP contribution in [0.1, 0.15) is 41.2 Å². The number of carbonyl (C=O) groups excluding carboxylic acids is 2. The molecule has 1 aliphatic carbocycles. The Kier molecular flexibility index (Phi) is 4.39. The van der Waals surface area contributed by atoms with Gasteiger partial charge in [0.1, 0.15) is 5.69 Å². The molecule has 6 nitrogen and oxygen atoms in total. The van der Waals surface area contributed by atoms with Gasteiger partial charge in [-0.15, -0.1) is 0 Å². The fraction of sp³-hybridized carbons (Fsp3) is 0.435. The molecule has 5 rings (SSSR count). The highest BCUT2D eigenvalue weighted by Crippen LogP contribution is 2.54. The van der Waals surface area contributed by atoms with Gasteiger partial charge in [-0.3, -0.25) is 14.6 Å². The summed E-state index contributed by atoms with van der Waals surface area (Å²) in [6, 6.07) is 15.0. The van der Waals surface area contributed by atoms with Crippen molar-refractivity contribution in [1.29, 1.82) is 0 Å². The molecule has 3 heterocycles. The molecule has 1 aromatic carbocycles. The van der Waals surface area contributed by atoms with Crippen LogP contribution in [0.25, 0.3) is 0 Å². The van der Waals surface area contributed by atoms with E-state index in [4.69, 9.17) is 0 Å². The smallest absolute Gasteiger partial charge is 0.273 e. The van der Waals surface area contributed by atoms with E-state index < -0.39 is 5.54 Å². The van der Waals surface area contributed by atoms with Crippen molar-refractivity contribution in [3.05, 3.63) is 66.0 Å². The van der Waals surface area contributed by atoms with Crippen molar-refractivity contribution in [2.24, 2.45) is 5.92 Å². The molecular formula is C23H25N3O3. The minimum absolute atomic E-state index is 0.00630. The first-order valence-electron chi connectivity index (χ1n) is 10.3. The Morgan fingerprint density at radius 3 is 2.38 bits per heavy atom. The first kappa shape index (κ1) is 18.3. The predicted octanol–water partition coefficient (Wildman–Crippen LogP) is 2.06. The Bertz CT molecular complexity index is 907. The summed E-state index contributed by atoms with van der Waals surface area (Å²) in [5, 5.41) is 10.2. The number of rotatable bonds is 4. The number of aliphatic hydroxyl groups excluding tert-OH is 1. The zero-order valence-corrected chi connectivity index (χ0v) is 16.3. The van der Waals surface area contributed by atoms with E-state index in [0.29, 0.717) is 18.8 Å². The van der Waals surface area contributed by atoms with Crippen LogP contribution in [0.4, 0.5) is 0 Å². The summed E-state index contributed by atoms with van der Waals surface area (Å²) < 4.78 is 0. The summed E-state index contributed by atoms with van der Waals surface area (Å²) in [7, 11) is 0. The number of aromatic nitrogens is 1. The van der Waals surface area contributed by atoms with Gasteiger partial charge in [0.15, 0.2) is 0 Å². The molecule has 150 valence electrons. The lowest BCUT2D eigenvalue weighted by atomic mass is 9.60. The van der Waals surface area contributed by atoms with Gasteiger partial charge in [-0.25, -0.2) is 0 Å². The third kappa shape index (κ3) is 2.69. The zero-order chi connectivity index (χ0) is 20.0. The van der Waals surface area contributed by atoms with Gasteiger partial charge in [0.05, 0.1) is 18.2 Å². The standard InChI is InChI=1S/C23H25N3O3/c27-13-19-20(16-7-2-1-3-8-16)23(14-25(15-23)21(28)17-9-6-10-17)26(19)22(29)18-11-4-5-12-24-18/h1-5,7-8,11-12,17,19-20,27H,6,9-10,13-15H2/t19-,20-/m1/s1. The maximum absolute atomic E-state index is 13.3. The topological polar surface area (TPSA) is 73.7 Å². The largest absolute Gasteiger partial charge is 0.394 e. The molecule has 29 heavy (non-hydrogen) atoms. The van der Waals surface area contributed by atoms with E-state index in [1.165, 1.54) is 0 Å². The highest BCUT2D eigenvalue weighted by Gasteiger charge is 2.68. The Labute approximate surface area is 170 Å². The lowest BCUT2D eigenvalue weighted by molar-refractivity contribution is -0.183. The minimum atomic E-state index is -0.469. The highest BCUT2D eigenvalue weighted by molar-refractivity contribution is 5.95. The molecule has 6 heteroatoms. The zero-order valence-electron chi connectivity index (χ0n) is 16.3. The fourth-order valence-corrected chi connectivity index (χ4v) is 5.28. The number of likely N-dealkylation sites (tertiary alicyclic amines) is 2. The lowest BCUT2D eigenvalue weighted by Crippen LogP contribution is -2.86. The van der Waals surface area contributed by atoms with Crippen molar-refractivity contribution < 1.29 is 14.7 Å². The van der Waals surface area contributed by atoms with Gasteiger partial charge in [-0.05, 0) is 30.5 Å². The molecule has 0 radical (unpaired) electrons. The molecule has 2 aromatic rings. The van der Waals surface area contributed by atoms with Gasteiger partial charge >= 0.3 is 0 Å². The molecule has 1 saturated carbocycles. The molecule has 3 aliphatic rings. The van der Waals surface area contributed by atoms with Crippen LogP contribution < -0.4 is 0 Å². The third-order valence-corrected chi connectivity index (χ3v) is 6.92. The summed E-state index contributed by atoms with van der Waals surface area (Å²) in [6.07, 6.45) is 4.68. The molecule has 1 N–H and O–H groups in total. The number of hydrogen-bond acceptors (Lipinski definition) is 4. The van der Waals surface area contributed by atoms with Crippen molar-refractivity contribution in [1.82, 2.24) is 14.8 Å². The summed E-state index contributed by atoms with van der Waals surface area (Å²) in [6.45, 7) is 0.935. The molecule has 1 spiro atoms. The summed E-state index contributed by atoms with van der Waals surface area (Å²) in [5.74, 6) is 0.196. The number of amides is 2. The van der Waals surface area contributed by atoms with Crippen molar-refractivity contribution in [3.8, 4) is 0 Å². The predicted molar refractivity (Wildman–Crippen MR) is 107 cm³/mol. The quantitative estimate of drug-likeness (QED) is 0.866.